The summed E-state index contributed by atoms with van der Waals surface area (Å²) >= 11 is 5.90. The highest BCUT2D eigenvalue weighted by Gasteiger charge is 2.12. The first-order valence-electron chi connectivity index (χ1n) is 7.74. The molecular formula is C18H20ClF2N2O2+. The van der Waals surface area contributed by atoms with Crippen molar-refractivity contribution in [3.63, 3.8) is 0 Å². The molecular weight excluding hydrogens is 350 g/mol. The fourth-order valence-corrected chi connectivity index (χ4v) is 2.66. The zero-order valence-electron chi connectivity index (χ0n) is 14.0. The van der Waals surface area contributed by atoms with E-state index in [9.17, 15) is 13.6 Å². The molecule has 0 aliphatic carbocycles. The summed E-state index contributed by atoms with van der Waals surface area (Å²) in [5.74, 6) is 0.00735. The normalized spacial score (nSPS) is 12.1. The maximum absolute atomic E-state index is 12.2. The van der Waals surface area contributed by atoms with E-state index >= 15 is 0 Å². The molecule has 4 nitrogen and oxygen atoms in total. The lowest BCUT2D eigenvalue weighted by molar-refractivity contribution is -0.885. The molecule has 1 atom stereocenters. The van der Waals surface area contributed by atoms with E-state index in [4.69, 9.17) is 11.6 Å². The Hall–Kier alpha value is -2.18. The Labute approximate surface area is 150 Å². The molecule has 134 valence electrons. The summed E-state index contributed by atoms with van der Waals surface area (Å²) in [6.45, 7) is -0.0976. The predicted octanol–water partition coefficient (Wildman–Crippen LogP) is 2.90. The molecule has 2 rings (SSSR count). The van der Waals surface area contributed by atoms with Crippen LogP contribution in [0.5, 0.6) is 5.75 Å². The Kier molecular flexibility index (Phi) is 6.73. The second-order valence-electron chi connectivity index (χ2n) is 5.84. The molecule has 2 aromatic rings. The molecule has 7 heteroatoms. The van der Waals surface area contributed by atoms with E-state index in [-0.39, 0.29) is 18.2 Å². The number of rotatable bonds is 7. The van der Waals surface area contributed by atoms with Crippen molar-refractivity contribution in [1.29, 1.82) is 0 Å². The predicted molar refractivity (Wildman–Crippen MR) is 93.4 cm³/mol. The van der Waals surface area contributed by atoms with Gasteiger partial charge in [0.1, 0.15) is 12.3 Å². The van der Waals surface area contributed by atoms with Crippen LogP contribution in [0.25, 0.3) is 0 Å². The average molecular weight is 370 g/mol. The largest absolute Gasteiger partial charge is 0.435 e. The standard InChI is InChI=1S/C18H19ClF2N2O2/c1-12-9-14(19)5-8-16(12)22-17(24)11-23(2)10-13-3-6-15(7-4-13)25-18(20)21/h3-9,18H,10-11H2,1-2H3,(H,22,24)/p+1. The minimum atomic E-state index is -2.83. The number of carbonyl (C=O) groups excluding carboxylic acids is 1. The van der Waals surface area contributed by atoms with Crippen molar-refractivity contribution < 1.29 is 23.2 Å². The van der Waals surface area contributed by atoms with E-state index in [2.05, 4.69) is 10.1 Å². The maximum Gasteiger partial charge on any atom is 0.387 e. The first-order chi connectivity index (χ1) is 11.8. The molecule has 0 heterocycles. The number of benzene rings is 2. The van der Waals surface area contributed by atoms with Crippen LogP contribution in [0.2, 0.25) is 5.02 Å². The Morgan fingerprint density at radius 3 is 2.52 bits per heavy atom. The van der Waals surface area contributed by atoms with E-state index in [1.54, 1.807) is 30.3 Å². The van der Waals surface area contributed by atoms with Crippen LogP contribution >= 0.6 is 11.6 Å². The zero-order valence-corrected chi connectivity index (χ0v) is 14.7. The SMILES string of the molecule is Cc1cc(Cl)ccc1NC(=O)C[NH+](C)Cc1ccc(OC(F)F)cc1. The highest BCUT2D eigenvalue weighted by atomic mass is 35.5. The van der Waals surface area contributed by atoms with Crippen LogP contribution in [0.1, 0.15) is 11.1 Å². The van der Waals surface area contributed by atoms with E-state index < -0.39 is 6.61 Å². The zero-order chi connectivity index (χ0) is 18.4. The molecule has 0 spiro atoms. The van der Waals surface area contributed by atoms with Crippen LogP contribution in [0, 0.1) is 6.92 Å². The minimum Gasteiger partial charge on any atom is -0.435 e. The number of alkyl halides is 2. The van der Waals surface area contributed by atoms with Gasteiger partial charge in [0.2, 0.25) is 0 Å². The van der Waals surface area contributed by atoms with Crippen LogP contribution in [-0.2, 0) is 11.3 Å². The summed E-state index contributed by atoms with van der Waals surface area (Å²) in [7, 11) is 1.89. The molecule has 0 saturated carbocycles. The van der Waals surface area contributed by atoms with Gasteiger partial charge in [-0.1, -0.05) is 11.6 Å². The molecule has 0 aromatic heterocycles. The summed E-state index contributed by atoms with van der Waals surface area (Å²) in [4.78, 5) is 13.1. The summed E-state index contributed by atoms with van der Waals surface area (Å²) in [6.07, 6.45) is 0. The van der Waals surface area contributed by atoms with Crippen molar-refractivity contribution in [2.24, 2.45) is 0 Å². The van der Waals surface area contributed by atoms with Gasteiger partial charge in [0.05, 0.1) is 7.05 Å². The van der Waals surface area contributed by atoms with Crippen molar-refractivity contribution in [1.82, 2.24) is 0 Å². The number of hydrogen-bond acceptors (Lipinski definition) is 2. The van der Waals surface area contributed by atoms with Gasteiger partial charge in [0.15, 0.2) is 6.54 Å². The monoisotopic (exact) mass is 369 g/mol. The number of anilines is 1. The van der Waals surface area contributed by atoms with Crippen LogP contribution in [0.4, 0.5) is 14.5 Å². The summed E-state index contributed by atoms with van der Waals surface area (Å²) in [5, 5.41) is 3.49. The van der Waals surface area contributed by atoms with E-state index in [1.165, 1.54) is 12.1 Å². The van der Waals surface area contributed by atoms with Gasteiger partial charge in [-0.15, -0.1) is 0 Å². The van der Waals surface area contributed by atoms with Crippen LogP contribution < -0.4 is 15.0 Å². The van der Waals surface area contributed by atoms with Gasteiger partial charge in [0.25, 0.3) is 5.91 Å². The van der Waals surface area contributed by atoms with Crippen molar-refractivity contribution in [2.75, 3.05) is 18.9 Å². The number of halogens is 3. The fourth-order valence-electron chi connectivity index (χ4n) is 2.44. The lowest BCUT2D eigenvalue weighted by Crippen LogP contribution is -3.08. The first-order valence-corrected chi connectivity index (χ1v) is 8.12. The lowest BCUT2D eigenvalue weighted by Gasteiger charge is -2.15. The number of aryl methyl sites for hydroxylation is 1. The number of nitrogens with one attached hydrogen (secondary N) is 2. The molecule has 2 aromatic carbocycles. The molecule has 0 aliphatic rings. The summed E-state index contributed by atoms with van der Waals surface area (Å²) < 4.78 is 28.6. The van der Waals surface area contributed by atoms with Gasteiger partial charge in [0, 0.05) is 16.3 Å². The number of likely N-dealkylation sites (N-methyl/N-ethyl adjacent to an activating group) is 1. The number of ether oxygens (including phenoxy) is 1. The number of quaternary nitrogens is 1. The molecule has 1 unspecified atom stereocenters. The van der Waals surface area contributed by atoms with Crippen molar-refractivity contribution in [3.05, 3.63) is 58.6 Å². The quantitative estimate of drug-likeness (QED) is 0.788. The third-order valence-corrected chi connectivity index (χ3v) is 3.81. The van der Waals surface area contributed by atoms with E-state index in [1.807, 2.05) is 14.0 Å². The molecule has 2 N–H and O–H groups in total. The third kappa shape index (κ3) is 6.32. The Morgan fingerprint density at radius 1 is 1.24 bits per heavy atom. The molecule has 0 saturated heterocycles. The van der Waals surface area contributed by atoms with Crippen LogP contribution in [-0.4, -0.2) is 26.1 Å². The minimum absolute atomic E-state index is 0.111. The summed E-state index contributed by atoms with van der Waals surface area (Å²) in [6, 6.07) is 11.7. The highest BCUT2D eigenvalue weighted by molar-refractivity contribution is 6.30. The molecule has 0 aliphatic heterocycles. The van der Waals surface area contributed by atoms with Gasteiger partial charge >= 0.3 is 6.61 Å². The average Bonchev–Trinajstić information content (AvgIpc) is 2.51. The number of hydrogen-bond donors (Lipinski definition) is 2. The van der Waals surface area contributed by atoms with Gasteiger partial charge < -0.3 is 15.0 Å². The smallest absolute Gasteiger partial charge is 0.387 e. The van der Waals surface area contributed by atoms with Crippen molar-refractivity contribution in [2.45, 2.75) is 20.1 Å². The van der Waals surface area contributed by atoms with Crippen LogP contribution in [0.3, 0.4) is 0 Å². The molecule has 25 heavy (non-hydrogen) atoms. The third-order valence-electron chi connectivity index (χ3n) is 3.58. The van der Waals surface area contributed by atoms with E-state index in [0.29, 0.717) is 11.6 Å². The molecule has 0 bridgehead atoms. The van der Waals surface area contributed by atoms with Crippen molar-refractivity contribution >= 4 is 23.2 Å². The number of carbonyl (C=O) groups is 1. The highest BCUT2D eigenvalue weighted by Crippen LogP contribution is 2.19. The van der Waals surface area contributed by atoms with Crippen LogP contribution in [0.15, 0.2) is 42.5 Å². The van der Waals surface area contributed by atoms with Gasteiger partial charge in [-0.25, -0.2) is 0 Å². The first kappa shape index (κ1) is 19.1. The Balaban J connectivity index is 1.86. The Morgan fingerprint density at radius 2 is 1.92 bits per heavy atom. The fraction of sp³-hybridized carbons (Fsp3) is 0.278. The molecule has 0 fully saturated rings. The maximum atomic E-state index is 12.2. The molecule has 0 radical (unpaired) electrons. The summed E-state index contributed by atoms with van der Waals surface area (Å²) in [5.41, 5.74) is 2.55. The van der Waals surface area contributed by atoms with Gasteiger partial charge in [-0.05, 0) is 55.0 Å². The number of amides is 1. The topological polar surface area (TPSA) is 42.8 Å². The second-order valence-corrected chi connectivity index (χ2v) is 6.28. The van der Waals surface area contributed by atoms with E-state index in [0.717, 1.165) is 21.7 Å². The Bertz CT molecular complexity index is 724. The second kappa shape index (κ2) is 8.78. The van der Waals surface area contributed by atoms with Gasteiger partial charge in [-0.3, -0.25) is 4.79 Å². The van der Waals surface area contributed by atoms with Gasteiger partial charge in [-0.2, -0.15) is 8.78 Å². The molecule has 1 amide bonds. The van der Waals surface area contributed by atoms with Crippen molar-refractivity contribution in [3.8, 4) is 5.75 Å². The lowest BCUT2D eigenvalue weighted by atomic mass is 10.2.